The van der Waals surface area contributed by atoms with Gasteiger partial charge in [0, 0.05) is 6.54 Å². The molecule has 1 heterocycles. The highest BCUT2D eigenvalue weighted by atomic mass is 16.5. The highest BCUT2D eigenvalue weighted by molar-refractivity contribution is 5.83. The summed E-state index contributed by atoms with van der Waals surface area (Å²) < 4.78 is 5.14. The van der Waals surface area contributed by atoms with Gasteiger partial charge >= 0.3 is 12.0 Å². The van der Waals surface area contributed by atoms with Gasteiger partial charge in [0.05, 0.1) is 25.8 Å². The van der Waals surface area contributed by atoms with E-state index in [9.17, 15) is 14.4 Å². The maximum atomic E-state index is 12.0. The second kappa shape index (κ2) is 6.93. The number of nitrogens with zero attached hydrogens (tertiary/aromatic N) is 1. The Morgan fingerprint density at radius 1 is 1.42 bits per heavy atom. The second-order valence-electron chi connectivity index (χ2n) is 4.37. The van der Waals surface area contributed by atoms with Gasteiger partial charge < -0.3 is 25.8 Å². The third-order valence-electron chi connectivity index (χ3n) is 2.91. The second-order valence-corrected chi connectivity index (χ2v) is 4.37. The van der Waals surface area contributed by atoms with Crippen LogP contribution in [-0.2, 0) is 14.3 Å². The molecule has 108 valence electrons. The van der Waals surface area contributed by atoms with Gasteiger partial charge in [0.2, 0.25) is 5.91 Å². The number of carbonyl (C=O) groups excluding carboxylic acids is 2. The number of ether oxygens (including phenoxy) is 1. The van der Waals surface area contributed by atoms with Crippen molar-refractivity contribution >= 4 is 17.9 Å². The fraction of sp³-hybridized carbons (Fsp3) is 0.727. The summed E-state index contributed by atoms with van der Waals surface area (Å²) in [6.45, 7) is 2.26. The molecule has 0 aromatic heterocycles. The number of aliphatic carboxylic acids is 1. The average molecular weight is 273 g/mol. The van der Waals surface area contributed by atoms with Crippen molar-refractivity contribution in [2.45, 2.75) is 19.4 Å². The lowest BCUT2D eigenvalue weighted by molar-refractivity contribution is -0.142. The first-order valence-electron chi connectivity index (χ1n) is 6.10. The zero-order valence-electron chi connectivity index (χ0n) is 10.8. The summed E-state index contributed by atoms with van der Waals surface area (Å²) in [6.07, 6.45) is 0.673. The largest absolute Gasteiger partial charge is 0.481 e. The lowest BCUT2D eigenvalue weighted by Crippen LogP contribution is -2.52. The first-order chi connectivity index (χ1) is 8.97. The fourth-order valence-electron chi connectivity index (χ4n) is 2.01. The van der Waals surface area contributed by atoms with Crippen molar-refractivity contribution in [3.8, 4) is 0 Å². The predicted molar refractivity (Wildman–Crippen MR) is 65.3 cm³/mol. The van der Waals surface area contributed by atoms with Crippen LogP contribution in [0.1, 0.15) is 13.3 Å². The normalized spacial score (nSPS) is 21.9. The number of amides is 3. The van der Waals surface area contributed by atoms with Crippen LogP contribution in [0.3, 0.4) is 0 Å². The lowest BCUT2D eigenvalue weighted by atomic mass is 10.0. The van der Waals surface area contributed by atoms with Gasteiger partial charge in [-0.25, -0.2) is 4.79 Å². The molecular weight excluding hydrogens is 254 g/mol. The zero-order chi connectivity index (χ0) is 14.4. The van der Waals surface area contributed by atoms with Gasteiger partial charge in [-0.2, -0.15) is 0 Å². The van der Waals surface area contributed by atoms with Crippen LogP contribution >= 0.6 is 0 Å². The van der Waals surface area contributed by atoms with Crippen LogP contribution in [0.5, 0.6) is 0 Å². The van der Waals surface area contributed by atoms with E-state index in [1.165, 1.54) is 4.90 Å². The molecule has 0 spiro atoms. The topological polar surface area (TPSA) is 122 Å². The minimum Gasteiger partial charge on any atom is -0.481 e. The Kier molecular flexibility index (Phi) is 5.56. The fourth-order valence-corrected chi connectivity index (χ4v) is 2.01. The Bertz CT molecular complexity index is 360. The summed E-state index contributed by atoms with van der Waals surface area (Å²) in [4.78, 5) is 35.1. The lowest BCUT2D eigenvalue weighted by Gasteiger charge is -2.30. The molecule has 1 aliphatic heterocycles. The van der Waals surface area contributed by atoms with Gasteiger partial charge in [-0.15, -0.1) is 0 Å². The number of carboxylic acid groups (broad SMARTS) is 1. The van der Waals surface area contributed by atoms with Crippen molar-refractivity contribution in [1.82, 2.24) is 10.2 Å². The minimum atomic E-state index is -0.994. The molecule has 4 N–H and O–H groups in total. The van der Waals surface area contributed by atoms with Crippen LogP contribution in [-0.4, -0.2) is 60.3 Å². The van der Waals surface area contributed by atoms with Gasteiger partial charge in [-0.05, 0) is 6.42 Å². The molecule has 1 fully saturated rings. The summed E-state index contributed by atoms with van der Waals surface area (Å²) in [6, 6.07) is -1.02. The third-order valence-corrected chi connectivity index (χ3v) is 2.91. The van der Waals surface area contributed by atoms with E-state index in [-0.39, 0.29) is 19.8 Å². The maximum absolute atomic E-state index is 12.0. The van der Waals surface area contributed by atoms with Crippen molar-refractivity contribution in [3.05, 3.63) is 0 Å². The van der Waals surface area contributed by atoms with Crippen molar-refractivity contribution in [2.24, 2.45) is 11.7 Å². The van der Waals surface area contributed by atoms with E-state index in [0.717, 1.165) is 0 Å². The molecule has 0 saturated carbocycles. The number of nitrogens with one attached hydrogen (secondary N) is 1. The molecule has 0 aliphatic carbocycles. The van der Waals surface area contributed by atoms with E-state index in [4.69, 9.17) is 15.6 Å². The number of hydrogen-bond acceptors (Lipinski definition) is 4. The maximum Gasteiger partial charge on any atom is 0.318 e. The number of urea groups is 1. The van der Waals surface area contributed by atoms with Crippen LogP contribution in [0.4, 0.5) is 4.79 Å². The summed E-state index contributed by atoms with van der Waals surface area (Å²) in [7, 11) is 0. The van der Waals surface area contributed by atoms with Crippen molar-refractivity contribution in [3.63, 3.8) is 0 Å². The first-order valence-corrected chi connectivity index (χ1v) is 6.10. The van der Waals surface area contributed by atoms with E-state index >= 15 is 0 Å². The van der Waals surface area contributed by atoms with Crippen molar-refractivity contribution in [1.29, 1.82) is 0 Å². The molecule has 1 saturated heterocycles. The number of primary amides is 1. The molecule has 1 rings (SSSR count). The Labute approximate surface area is 110 Å². The number of nitrogens with two attached hydrogens (primary N) is 1. The van der Waals surface area contributed by atoms with Gasteiger partial charge in [0.1, 0.15) is 5.92 Å². The van der Waals surface area contributed by atoms with Gasteiger partial charge in [0.15, 0.2) is 0 Å². The molecule has 8 heteroatoms. The van der Waals surface area contributed by atoms with Crippen LogP contribution in [0.25, 0.3) is 0 Å². The highest BCUT2D eigenvalue weighted by Crippen LogP contribution is 2.20. The number of hydrogen-bond donors (Lipinski definition) is 3. The standard InChI is InChI=1S/C11H19N3O5/c1-2-3-14(11(18)13-4-9(12)15)8-6-19-5-7(8)10(16)17/h7-8H,2-6H2,1H3,(H2,12,15)(H,13,18)(H,16,17). The van der Waals surface area contributed by atoms with E-state index in [2.05, 4.69) is 5.32 Å². The zero-order valence-corrected chi connectivity index (χ0v) is 10.8. The molecule has 8 nitrogen and oxygen atoms in total. The summed E-state index contributed by atoms with van der Waals surface area (Å²) in [5, 5.41) is 11.5. The van der Waals surface area contributed by atoms with Crippen molar-refractivity contribution < 1.29 is 24.2 Å². The molecule has 0 bridgehead atoms. The van der Waals surface area contributed by atoms with E-state index in [0.29, 0.717) is 13.0 Å². The average Bonchev–Trinajstić information content (AvgIpc) is 2.81. The number of carbonyl (C=O) groups is 3. The number of rotatable bonds is 6. The van der Waals surface area contributed by atoms with Crippen LogP contribution in [0.15, 0.2) is 0 Å². The summed E-state index contributed by atoms with van der Waals surface area (Å²) >= 11 is 0. The molecule has 3 amide bonds. The van der Waals surface area contributed by atoms with Crippen LogP contribution < -0.4 is 11.1 Å². The van der Waals surface area contributed by atoms with Crippen LogP contribution in [0.2, 0.25) is 0 Å². The molecular formula is C11H19N3O5. The molecule has 19 heavy (non-hydrogen) atoms. The molecule has 1 aliphatic rings. The van der Waals surface area contributed by atoms with E-state index in [1.807, 2.05) is 6.92 Å². The predicted octanol–water partition coefficient (Wildman–Crippen LogP) is -1.01. The molecule has 0 radical (unpaired) electrons. The van der Waals surface area contributed by atoms with Gasteiger partial charge in [0.25, 0.3) is 0 Å². The van der Waals surface area contributed by atoms with E-state index < -0.39 is 29.9 Å². The quantitative estimate of drug-likeness (QED) is 0.572. The van der Waals surface area contributed by atoms with Gasteiger partial charge in [-0.3, -0.25) is 9.59 Å². The molecule has 2 unspecified atom stereocenters. The Hall–Kier alpha value is -1.83. The number of carboxylic acids is 1. The van der Waals surface area contributed by atoms with Crippen LogP contribution in [0, 0.1) is 5.92 Å². The minimum absolute atomic E-state index is 0.0866. The van der Waals surface area contributed by atoms with Gasteiger partial charge in [-0.1, -0.05) is 6.92 Å². The Balaban J connectivity index is 2.72. The highest BCUT2D eigenvalue weighted by Gasteiger charge is 2.39. The molecule has 0 aromatic rings. The molecule has 0 aromatic carbocycles. The Morgan fingerprint density at radius 3 is 2.63 bits per heavy atom. The summed E-state index contributed by atoms with van der Waals surface area (Å²) in [5.74, 6) is -2.39. The van der Waals surface area contributed by atoms with Crippen molar-refractivity contribution in [2.75, 3.05) is 26.3 Å². The SMILES string of the molecule is CCCN(C(=O)NCC(N)=O)C1COCC1C(=O)O. The molecule has 2 atom stereocenters. The monoisotopic (exact) mass is 273 g/mol. The summed E-state index contributed by atoms with van der Waals surface area (Å²) in [5.41, 5.74) is 4.95. The smallest absolute Gasteiger partial charge is 0.318 e. The Morgan fingerprint density at radius 2 is 2.11 bits per heavy atom. The van der Waals surface area contributed by atoms with E-state index in [1.54, 1.807) is 0 Å². The third kappa shape index (κ3) is 4.09. The first kappa shape index (κ1) is 15.2.